The molecular weight excluding hydrogens is 452 g/mol. The fraction of sp³-hybridized carbons (Fsp3) is 0.409. The molecule has 0 aromatic heterocycles. The first-order chi connectivity index (χ1) is 14.4. The first kappa shape index (κ1) is 25.4. The summed E-state index contributed by atoms with van der Waals surface area (Å²) in [6, 6.07) is 8.63. The molecule has 1 atom stereocenters. The Hall–Kier alpha value is -2.61. The van der Waals surface area contributed by atoms with E-state index in [1.807, 2.05) is 26.8 Å². The molecule has 0 heterocycles. The van der Waals surface area contributed by atoms with Gasteiger partial charge in [0.05, 0.1) is 26.9 Å². The lowest BCUT2D eigenvalue weighted by atomic mass is 10.0. The molecule has 30 heavy (non-hydrogen) atoms. The van der Waals surface area contributed by atoms with E-state index in [0.717, 1.165) is 5.56 Å². The van der Waals surface area contributed by atoms with Gasteiger partial charge in [-0.1, -0.05) is 19.9 Å². The average Bonchev–Trinajstić information content (AvgIpc) is 2.78. The Kier molecular flexibility index (Phi) is 10.9. The molecule has 2 aromatic rings. The summed E-state index contributed by atoms with van der Waals surface area (Å²) >= 11 is 3.40. The molecule has 0 fully saturated rings. The number of ether oxygens (including phenoxy) is 3. The van der Waals surface area contributed by atoms with E-state index in [1.165, 1.54) is 21.3 Å². The Balaban J connectivity index is 0.00000218. The third-order valence-electron chi connectivity index (χ3n) is 4.31. The van der Waals surface area contributed by atoms with Crippen LogP contribution in [0.25, 0.3) is 0 Å². The Morgan fingerprint density at radius 2 is 1.73 bits per heavy atom. The van der Waals surface area contributed by atoms with Gasteiger partial charge in [-0.2, -0.15) is 0 Å². The summed E-state index contributed by atoms with van der Waals surface area (Å²) in [6.45, 7) is 5.93. The van der Waals surface area contributed by atoms with E-state index in [4.69, 9.17) is 14.2 Å². The summed E-state index contributed by atoms with van der Waals surface area (Å²) in [5.74, 6) is 1.05. The zero-order valence-electron chi connectivity index (χ0n) is 18.2. The van der Waals surface area contributed by atoms with E-state index < -0.39 is 0 Å². The van der Waals surface area contributed by atoms with Crippen molar-refractivity contribution < 1.29 is 19.0 Å². The van der Waals surface area contributed by atoms with Crippen LogP contribution < -0.4 is 19.5 Å². The number of benzene rings is 2. The van der Waals surface area contributed by atoms with Crippen molar-refractivity contribution in [2.24, 2.45) is 5.18 Å². The monoisotopic (exact) mass is 480 g/mol. The summed E-state index contributed by atoms with van der Waals surface area (Å²) in [4.78, 5) is 23.5. The molecule has 2 rings (SSSR count). The minimum absolute atomic E-state index is 0.0924. The highest BCUT2D eigenvalue weighted by Crippen LogP contribution is 2.36. The molecule has 0 aliphatic carbocycles. The van der Waals surface area contributed by atoms with Crippen LogP contribution in [0.1, 0.15) is 43.1 Å². The average molecular weight is 481 g/mol. The molecule has 7 nitrogen and oxygen atoms in total. The van der Waals surface area contributed by atoms with Crippen molar-refractivity contribution >= 4 is 27.5 Å². The van der Waals surface area contributed by atoms with Crippen molar-refractivity contribution in [2.45, 2.75) is 39.7 Å². The fourth-order valence-electron chi connectivity index (χ4n) is 2.82. The molecule has 0 saturated carbocycles. The Morgan fingerprint density at radius 1 is 1.07 bits per heavy atom. The minimum Gasteiger partial charge on any atom is -0.494 e. The maximum absolute atomic E-state index is 12.8. The zero-order chi connectivity index (χ0) is 22.7. The highest BCUT2D eigenvalue weighted by molar-refractivity contribution is 9.10. The maximum Gasteiger partial charge on any atom is 0.256 e. The second kappa shape index (κ2) is 12.8. The fourth-order valence-corrected chi connectivity index (χ4v) is 3.31. The van der Waals surface area contributed by atoms with Crippen LogP contribution in [-0.2, 0) is 6.42 Å². The van der Waals surface area contributed by atoms with Crippen molar-refractivity contribution in [1.82, 2.24) is 5.32 Å². The van der Waals surface area contributed by atoms with Crippen LogP contribution in [0.3, 0.4) is 0 Å². The standard InChI is InChI=1S/C20H23BrN2O5.C2H6/c1-12(5-6-13-7-9-15(23-25)17(11-13)27-3)22-20(24)18-14(21)8-10-16(26-2)19(18)28-4;1-2/h7-12H,5-6H2,1-4H3,(H,22,24);1-2H3/t12-;/m1./s1. The van der Waals surface area contributed by atoms with Crippen molar-refractivity contribution in [3.8, 4) is 17.2 Å². The first-order valence-corrected chi connectivity index (χ1v) is 10.5. The molecule has 0 bridgehead atoms. The van der Waals surface area contributed by atoms with Gasteiger partial charge in [0.1, 0.15) is 11.4 Å². The minimum atomic E-state index is -0.256. The third kappa shape index (κ3) is 6.45. The number of nitrogens with zero attached hydrogens (tertiary/aromatic N) is 1. The predicted octanol–water partition coefficient (Wildman–Crippen LogP) is 5.65. The van der Waals surface area contributed by atoms with E-state index >= 15 is 0 Å². The lowest BCUT2D eigenvalue weighted by Gasteiger charge is -2.18. The van der Waals surface area contributed by atoms with E-state index in [2.05, 4.69) is 26.4 Å². The number of amides is 1. The number of carbonyl (C=O) groups excluding carboxylic acids is 1. The maximum atomic E-state index is 12.8. The van der Waals surface area contributed by atoms with Gasteiger partial charge in [0.2, 0.25) is 0 Å². The zero-order valence-corrected chi connectivity index (χ0v) is 19.8. The number of methoxy groups -OCH3 is 3. The van der Waals surface area contributed by atoms with Crippen LogP contribution >= 0.6 is 15.9 Å². The summed E-state index contributed by atoms with van der Waals surface area (Å²) in [5.41, 5.74) is 1.64. The van der Waals surface area contributed by atoms with Crippen LogP contribution in [0.5, 0.6) is 17.2 Å². The topological polar surface area (TPSA) is 86.2 Å². The van der Waals surface area contributed by atoms with Gasteiger partial charge >= 0.3 is 0 Å². The van der Waals surface area contributed by atoms with Crippen LogP contribution in [0.15, 0.2) is 40.0 Å². The molecular formula is C22H29BrN2O5. The van der Waals surface area contributed by atoms with Gasteiger partial charge in [-0.05, 0) is 70.7 Å². The number of aryl methyl sites for hydroxylation is 1. The normalized spacial score (nSPS) is 10.9. The molecule has 8 heteroatoms. The van der Waals surface area contributed by atoms with Crippen LogP contribution in [0, 0.1) is 4.91 Å². The molecule has 0 saturated heterocycles. The number of hydrogen-bond acceptors (Lipinski definition) is 6. The van der Waals surface area contributed by atoms with Gasteiger partial charge in [0.25, 0.3) is 5.91 Å². The SMILES string of the molecule is CC.COc1cc(CC[C@@H](C)NC(=O)c2c(Br)ccc(OC)c2OC)ccc1N=O. The molecule has 164 valence electrons. The van der Waals surface area contributed by atoms with Crippen LogP contribution in [0.4, 0.5) is 5.69 Å². The van der Waals surface area contributed by atoms with E-state index in [-0.39, 0.29) is 17.6 Å². The van der Waals surface area contributed by atoms with Gasteiger partial charge in [0, 0.05) is 10.5 Å². The lowest BCUT2D eigenvalue weighted by molar-refractivity contribution is 0.0934. The Morgan fingerprint density at radius 3 is 2.30 bits per heavy atom. The molecule has 1 amide bonds. The lowest BCUT2D eigenvalue weighted by Crippen LogP contribution is -2.33. The molecule has 0 aliphatic heterocycles. The first-order valence-electron chi connectivity index (χ1n) is 9.66. The molecule has 0 unspecified atom stereocenters. The highest BCUT2D eigenvalue weighted by Gasteiger charge is 2.21. The van der Waals surface area contributed by atoms with E-state index in [0.29, 0.717) is 40.1 Å². The molecule has 1 N–H and O–H groups in total. The van der Waals surface area contributed by atoms with Crippen LogP contribution in [-0.4, -0.2) is 33.3 Å². The summed E-state index contributed by atoms with van der Waals surface area (Å²) in [5, 5.41) is 5.91. The summed E-state index contributed by atoms with van der Waals surface area (Å²) in [7, 11) is 4.52. The second-order valence-electron chi connectivity index (χ2n) is 6.17. The second-order valence-corrected chi connectivity index (χ2v) is 7.02. The quantitative estimate of drug-likeness (QED) is 0.468. The van der Waals surface area contributed by atoms with Gasteiger partial charge in [-0.15, -0.1) is 4.91 Å². The molecule has 2 aromatic carbocycles. The highest BCUT2D eigenvalue weighted by atomic mass is 79.9. The van der Waals surface area contributed by atoms with Gasteiger partial charge in [-0.3, -0.25) is 4.79 Å². The van der Waals surface area contributed by atoms with Crippen molar-refractivity contribution in [2.75, 3.05) is 21.3 Å². The van der Waals surface area contributed by atoms with Crippen molar-refractivity contribution in [3.05, 3.63) is 50.8 Å². The van der Waals surface area contributed by atoms with E-state index in [1.54, 1.807) is 24.3 Å². The summed E-state index contributed by atoms with van der Waals surface area (Å²) < 4.78 is 16.4. The van der Waals surface area contributed by atoms with Gasteiger partial charge < -0.3 is 19.5 Å². The van der Waals surface area contributed by atoms with Gasteiger partial charge in [-0.25, -0.2) is 0 Å². The smallest absolute Gasteiger partial charge is 0.256 e. The number of carbonyl (C=O) groups is 1. The summed E-state index contributed by atoms with van der Waals surface area (Å²) in [6.07, 6.45) is 1.40. The van der Waals surface area contributed by atoms with Crippen molar-refractivity contribution in [3.63, 3.8) is 0 Å². The van der Waals surface area contributed by atoms with Gasteiger partial charge in [0.15, 0.2) is 11.5 Å². The third-order valence-corrected chi connectivity index (χ3v) is 4.97. The molecule has 0 radical (unpaired) electrons. The largest absolute Gasteiger partial charge is 0.494 e. The Bertz CT molecular complexity index is 858. The van der Waals surface area contributed by atoms with Crippen LogP contribution in [0.2, 0.25) is 0 Å². The van der Waals surface area contributed by atoms with Crippen molar-refractivity contribution in [1.29, 1.82) is 0 Å². The number of rotatable bonds is 9. The van der Waals surface area contributed by atoms with E-state index in [9.17, 15) is 9.70 Å². The molecule has 0 spiro atoms. The number of nitroso groups, excluding NO2 is 1. The predicted molar refractivity (Wildman–Crippen MR) is 122 cm³/mol. The number of hydrogen-bond donors (Lipinski definition) is 1. The Labute approximate surface area is 186 Å². The number of nitrogens with one attached hydrogen (secondary N) is 1. The number of halogens is 1. The molecule has 0 aliphatic rings.